The molecule has 0 spiro atoms. The molecule has 1 aromatic rings. The molecular formula is C12H21N3. The second-order valence-corrected chi connectivity index (χ2v) is 4.99. The van der Waals surface area contributed by atoms with Gasteiger partial charge >= 0.3 is 0 Å². The van der Waals surface area contributed by atoms with Gasteiger partial charge in [-0.1, -0.05) is 13.8 Å². The molecule has 0 aliphatic carbocycles. The summed E-state index contributed by atoms with van der Waals surface area (Å²) >= 11 is 0. The van der Waals surface area contributed by atoms with Gasteiger partial charge in [0, 0.05) is 19.1 Å². The number of aromatic nitrogens is 2. The first-order valence-electron chi connectivity index (χ1n) is 5.88. The summed E-state index contributed by atoms with van der Waals surface area (Å²) in [4.78, 5) is 2.52. The Kier molecular flexibility index (Phi) is 2.83. The second-order valence-electron chi connectivity index (χ2n) is 4.99. The van der Waals surface area contributed by atoms with Gasteiger partial charge in [0.15, 0.2) is 0 Å². The molecule has 2 heterocycles. The van der Waals surface area contributed by atoms with Crippen LogP contribution in [0, 0.1) is 0 Å². The van der Waals surface area contributed by atoms with Gasteiger partial charge in [-0.05, 0) is 25.3 Å². The summed E-state index contributed by atoms with van der Waals surface area (Å²) in [5.74, 6) is 0.584. The zero-order valence-electron chi connectivity index (χ0n) is 10.2. The normalized spacial score (nSPS) is 17.5. The van der Waals surface area contributed by atoms with Gasteiger partial charge in [-0.3, -0.25) is 9.58 Å². The minimum Gasteiger partial charge on any atom is -0.293 e. The van der Waals surface area contributed by atoms with E-state index in [4.69, 9.17) is 0 Å². The van der Waals surface area contributed by atoms with E-state index in [9.17, 15) is 0 Å². The Morgan fingerprint density at radius 2 is 1.93 bits per heavy atom. The van der Waals surface area contributed by atoms with Gasteiger partial charge in [-0.2, -0.15) is 5.10 Å². The van der Waals surface area contributed by atoms with Crippen molar-refractivity contribution in [2.24, 2.45) is 0 Å². The van der Waals surface area contributed by atoms with Crippen molar-refractivity contribution in [3.8, 4) is 0 Å². The van der Waals surface area contributed by atoms with Crippen molar-refractivity contribution in [3.63, 3.8) is 0 Å². The van der Waals surface area contributed by atoms with Crippen molar-refractivity contribution in [2.45, 2.75) is 52.7 Å². The Bertz CT molecular complexity index is 339. The van der Waals surface area contributed by atoms with Crippen LogP contribution in [0.4, 0.5) is 0 Å². The van der Waals surface area contributed by atoms with E-state index in [0.717, 1.165) is 19.6 Å². The minimum absolute atomic E-state index is 0.584. The van der Waals surface area contributed by atoms with Crippen LogP contribution in [0.15, 0.2) is 6.20 Å². The van der Waals surface area contributed by atoms with Gasteiger partial charge < -0.3 is 0 Å². The Hall–Kier alpha value is -0.830. The van der Waals surface area contributed by atoms with E-state index in [1.807, 2.05) is 6.20 Å². The van der Waals surface area contributed by atoms with Gasteiger partial charge in [0.25, 0.3) is 0 Å². The minimum atomic E-state index is 0.584. The highest BCUT2D eigenvalue weighted by Crippen LogP contribution is 2.23. The predicted octanol–water partition coefficient (Wildman–Crippen LogP) is 2.23. The Labute approximate surface area is 92.1 Å². The van der Waals surface area contributed by atoms with Crippen molar-refractivity contribution in [2.75, 3.05) is 6.54 Å². The fraction of sp³-hybridized carbons (Fsp3) is 0.750. The number of rotatable bonds is 2. The highest BCUT2D eigenvalue weighted by atomic mass is 15.3. The van der Waals surface area contributed by atoms with Crippen LogP contribution in [0.1, 0.15) is 44.9 Å². The molecule has 3 heteroatoms. The first-order chi connectivity index (χ1) is 7.09. The fourth-order valence-corrected chi connectivity index (χ4v) is 2.21. The van der Waals surface area contributed by atoms with Crippen molar-refractivity contribution >= 4 is 0 Å². The largest absolute Gasteiger partial charge is 0.293 e. The molecule has 0 N–H and O–H groups in total. The maximum Gasteiger partial charge on any atom is 0.0559 e. The monoisotopic (exact) mass is 207 g/mol. The van der Waals surface area contributed by atoms with E-state index >= 15 is 0 Å². The van der Waals surface area contributed by atoms with Crippen LogP contribution in [0.25, 0.3) is 0 Å². The maximum absolute atomic E-state index is 4.46. The third kappa shape index (κ3) is 1.93. The first-order valence-corrected chi connectivity index (χ1v) is 5.88. The van der Waals surface area contributed by atoms with E-state index in [1.54, 1.807) is 0 Å². The lowest BCUT2D eigenvalue weighted by Gasteiger charge is -2.31. The van der Waals surface area contributed by atoms with Crippen LogP contribution < -0.4 is 0 Å². The predicted molar refractivity (Wildman–Crippen MR) is 61.9 cm³/mol. The van der Waals surface area contributed by atoms with Crippen LogP contribution >= 0.6 is 0 Å². The van der Waals surface area contributed by atoms with E-state index in [2.05, 4.69) is 42.4 Å². The SMILES string of the molecule is CC(C)c1cnn2c1CN(C(C)C)CC2. The van der Waals surface area contributed by atoms with Crippen molar-refractivity contribution < 1.29 is 0 Å². The van der Waals surface area contributed by atoms with Crippen LogP contribution in [-0.4, -0.2) is 27.3 Å². The summed E-state index contributed by atoms with van der Waals surface area (Å²) < 4.78 is 2.17. The topological polar surface area (TPSA) is 21.1 Å². The van der Waals surface area contributed by atoms with Gasteiger partial charge in [0.1, 0.15) is 0 Å². The summed E-state index contributed by atoms with van der Waals surface area (Å²) in [5.41, 5.74) is 2.84. The van der Waals surface area contributed by atoms with Gasteiger partial charge in [-0.15, -0.1) is 0 Å². The molecule has 15 heavy (non-hydrogen) atoms. The summed E-state index contributed by atoms with van der Waals surface area (Å²) in [6.45, 7) is 12.2. The maximum atomic E-state index is 4.46. The summed E-state index contributed by atoms with van der Waals surface area (Å²) in [6.07, 6.45) is 2.05. The Morgan fingerprint density at radius 1 is 1.20 bits per heavy atom. The van der Waals surface area contributed by atoms with Crippen molar-refractivity contribution in [1.29, 1.82) is 0 Å². The van der Waals surface area contributed by atoms with Crippen molar-refractivity contribution in [3.05, 3.63) is 17.5 Å². The smallest absolute Gasteiger partial charge is 0.0559 e. The molecule has 1 aliphatic heterocycles. The van der Waals surface area contributed by atoms with E-state index < -0.39 is 0 Å². The summed E-state index contributed by atoms with van der Waals surface area (Å²) in [5, 5.41) is 4.46. The molecule has 0 amide bonds. The van der Waals surface area contributed by atoms with Crippen LogP contribution in [-0.2, 0) is 13.1 Å². The lowest BCUT2D eigenvalue weighted by molar-refractivity contribution is 0.170. The molecule has 0 bridgehead atoms. The molecule has 0 fully saturated rings. The van der Waals surface area contributed by atoms with Crippen LogP contribution in [0.5, 0.6) is 0 Å². The van der Waals surface area contributed by atoms with Crippen LogP contribution in [0.2, 0.25) is 0 Å². The van der Waals surface area contributed by atoms with Gasteiger partial charge in [0.05, 0.1) is 18.4 Å². The molecule has 84 valence electrons. The Balaban J connectivity index is 2.26. The zero-order chi connectivity index (χ0) is 11.0. The lowest BCUT2D eigenvalue weighted by Crippen LogP contribution is -2.38. The molecule has 0 aromatic carbocycles. The molecule has 2 rings (SSSR count). The number of fused-ring (bicyclic) bond motifs is 1. The number of hydrogen-bond acceptors (Lipinski definition) is 2. The van der Waals surface area contributed by atoms with Crippen LogP contribution in [0.3, 0.4) is 0 Å². The van der Waals surface area contributed by atoms with Gasteiger partial charge in [-0.25, -0.2) is 0 Å². The molecule has 3 nitrogen and oxygen atoms in total. The summed E-state index contributed by atoms with van der Waals surface area (Å²) in [6, 6.07) is 0.633. The molecule has 1 aromatic heterocycles. The molecule has 0 atom stereocenters. The zero-order valence-corrected chi connectivity index (χ0v) is 10.2. The number of nitrogens with zero attached hydrogens (tertiary/aromatic N) is 3. The summed E-state index contributed by atoms with van der Waals surface area (Å²) in [7, 11) is 0. The highest BCUT2D eigenvalue weighted by Gasteiger charge is 2.22. The molecular weight excluding hydrogens is 186 g/mol. The molecule has 0 radical (unpaired) electrons. The molecule has 0 unspecified atom stereocenters. The van der Waals surface area contributed by atoms with E-state index in [0.29, 0.717) is 12.0 Å². The van der Waals surface area contributed by atoms with E-state index in [1.165, 1.54) is 11.3 Å². The van der Waals surface area contributed by atoms with E-state index in [-0.39, 0.29) is 0 Å². The van der Waals surface area contributed by atoms with Gasteiger partial charge in [0.2, 0.25) is 0 Å². The Morgan fingerprint density at radius 3 is 2.53 bits per heavy atom. The average Bonchev–Trinajstić information content (AvgIpc) is 2.59. The highest BCUT2D eigenvalue weighted by molar-refractivity contribution is 5.22. The first kappa shape index (κ1) is 10.7. The fourth-order valence-electron chi connectivity index (χ4n) is 2.21. The number of hydrogen-bond donors (Lipinski definition) is 0. The quantitative estimate of drug-likeness (QED) is 0.741. The standard InChI is InChI=1S/C12H21N3/c1-9(2)11-7-13-15-6-5-14(10(3)4)8-12(11)15/h7,9-10H,5-6,8H2,1-4H3. The molecule has 0 saturated carbocycles. The third-order valence-electron chi connectivity index (χ3n) is 3.29. The van der Waals surface area contributed by atoms with Crippen molar-refractivity contribution in [1.82, 2.24) is 14.7 Å². The molecule has 0 saturated heterocycles. The second kappa shape index (κ2) is 3.97. The lowest BCUT2D eigenvalue weighted by atomic mass is 10.0. The third-order valence-corrected chi connectivity index (χ3v) is 3.29. The molecule has 1 aliphatic rings. The average molecular weight is 207 g/mol.